The predicted molar refractivity (Wildman–Crippen MR) is 79.5 cm³/mol. The van der Waals surface area contributed by atoms with Gasteiger partial charge in [0.05, 0.1) is 19.8 Å². The third-order valence-electron chi connectivity index (χ3n) is 3.51. The fourth-order valence-electron chi connectivity index (χ4n) is 2.54. The van der Waals surface area contributed by atoms with Gasteiger partial charge in [-0.2, -0.15) is 0 Å². The summed E-state index contributed by atoms with van der Waals surface area (Å²) in [5.74, 6) is 0.440. The number of halogens is 1. The van der Waals surface area contributed by atoms with Gasteiger partial charge in [0.2, 0.25) is 5.91 Å². The summed E-state index contributed by atoms with van der Waals surface area (Å²) >= 11 is 3.42. The molecule has 1 heterocycles. The molecule has 110 valence electrons. The summed E-state index contributed by atoms with van der Waals surface area (Å²) in [4.78, 5) is 13.7. The van der Waals surface area contributed by atoms with Crippen molar-refractivity contribution in [3.05, 3.63) is 28.2 Å². The molecule has 0 aliphatic carbocycles. The number of methoxy groups -OCH3 is 1. The normalized spacial score (nSPS) is 23.6. The maximum absolute atomic E-state index is 11.6. The Balaban J connectivity index is 2.21. The van der Waals surface area contributed by atoms with E-state index in [-0.39, 0.29) is 12.0 Å². The number of nitrogens with two attached hydrogens (primary N) is 1. The molecule has 1 aromatic carbocycles. The number of amides is 1. The van der Waals surface area contributed by atoms with E-state index in [9.17, 15) is 4.79 Å². The zero-order chi connectivity index (χ0) is 14.7. The van der Waals surface area contributed by atoms with Crippen molar-refractivity contribution >= 4 is 21.8 Å². The second kappa shape index (κ2) is 6.56. The number of carbonyl (C=O) groups excluding carboxylic acids is 1. The summed E-state index contributed by atoms with van der Waals surface area (Å²) in [7, 11) is 1.64. The quantitative estimate of drug-likeness (QED) is 0.901. The average Bonchev–Trinajstić information content (AvgIpc) is 2.40. The highest BCUT2D eigenvalue weighted by atomic mass is 79.9. The van der Waals surface area contributed by atoms with Crippen molar-refractivity contribution in [3.63, 3.8) is 0 Å². The van der Waals surface area contributed by atoms with Gasteiger partial charge in [0, 0.05) is 23.1 Å². The Kier molecular flexibility index (Phi) is 5.01. The van der Waals surface area contributed by atoms with Crippen molar-refractivity contribution in [1.82, 2.24) is 4.90 Å². The van der Waals surface area contributed by atoms with Gasteiger partial charge in [0.15, 0.2) is 0 Å². The van der Waals surface area contributed by atoms with Crippen LogP contribution >= 0.6 is 15.9 Å². The molecular formula is C14H19BrN2O3. The van der Waals surface area contributed by atoms with Gasteiger partial charge in [-0.05, 0) is 19.1 Å². The van der Waals surface area contributed by atoms with Crippen molar-refractivity contribution in [2.24, 2.45) is 5.73 Å². The van der Waals surface area contributed by atoms with Gasteiger partial charge in [0.1, 0.15) is 11.8 Å². The Morgan fingerprint density at radius 1 is 1.60 bits per heavy atom. The number of primary amides is 1. The molecule has 0 saturated carbocycles. The summed E-state index contributed by atoms with van der Waals surface area (Å²) in [6.07, 6.45) is -0.192. The molecule has 0 bridgehead atoms. The van der Waals surface area contributed by atoms with Gasteiger partial charge in [-0.1, -0.05) is 22.0 Å². The van der Waals surface area contributed by atoms with E-state index in [2.05, 4.69) is 15.9 Å². The Morgan fingerprint density at radius 2 is 2.35 bits per heavy atom. The molecule has 2 rings (SSSR count). The van der Waals surface area contributed by atoms with Crippen LogP contribution in [-0.4, -0.2) is 43.2 Å². The number of rotatable bonds is 4. The largest absolute Gasteiger partial charge is 0.496 e. The Bertz CT molecular complexity index is 495. The lowest BCUT2D eigenvalue weighted by molar-refractivity contribution is -0.136. The zero-order valence-electron chi connectivity index (χ0n) is 11.6. The van der Waals surface area contributed by atoms with Crippen LogP contribution in [0, 0.1) is 0 Å². The minimum absolute atomic E-state index is 0.192. The number of carbonyl (C=O) groups is 1. The van der Waals surface area contributed by atoms with Crippen molar-refractivity contribution in [1.29, 1.82) is 0 Å². The lowest BCUT2D eigenvalue weighted by Gasteiger charge is -2.38. The molecule has 5 nitrogen and oxygen atoms in total. The summed E-state index contributed by atoms with van der Waals surface area (Å²) in [5, 5.41) is 0. The summed E-state index contributed by atoms with van der Waals surface area (Å²) in [6, 6.07) is 5.46. The van der Waals surface area contributed by atoms with E-state index in [4.69, 9.17) is 15.2 Å². The van der Waals surface area contributed by atoms with Crippen molar-refractivity contribution < 1.29 is 14.3 Å². The van der Waals surface area contributed by atoms with Crippen LogP contribution in [-0.2, 0) is 16.1 Å². The van der Waals surface area contributed by atoms with E-state index in [1.165, 1.54) is 0 Å². The minimum Gasteiger partial charge on any atom is -0.496 e. The molecule has 0 aromatic heterocycles. The Hall–Kier alpha value is -1.11. The fourth-order valence-corrected chi connectivity index (χ4v) is 2.88. The molecule has 1 aliphatic heterocycles. The molecule has 1 saturated heterocycles. The van der Waals surface area contributed by atoms with Crippen LogP contribution in [0.1, 0.15) is 12.5 Å². The van der Waals surface area contributed by atoms with E-state index >= 15 is 0 Å². The third kappa shape index (κ3) is 3.31. The van der Waals surface area contributed by atoms with Crippen LogP contribution in [0.5, 0.6) is 5.75 Å². The first-order valence-electron chi connectivity index (χ1n) is 6.50. The zero-order valence-corrected chi connectivity index (χ0v) is 13.2. The van der Waals surface area contributed by atoms with Gasteiger partial charge in [-0.15, -0.1) is 0 Å². The van der Waals surface area contributed by atoms with E-state index < -0.39 is 6.04 Å². The smallest absolute Gasteiger partial charge is 0.237 e. The van der Waals surface area contributed by atoms with Crippen LogP contribution in [0.25, 0.3) is 0 Å². The number of hydrogen-bond donors (Lipinski definition) is 1. The standard InChI is InChI=1S/C14H19BrN2O3/c1-9-13(14(16)18)17(5-6-20-9)8-10-3-4-11(15)7-12(10)19-2/h3-4,7,9,13H,5-6,8H2,1-2H3,(H2,16,18)/t9-,13+/m1/s1. The topological polar surface area (TPSA) is 64.8 Å². The number of nitrogens with zero attached hydrogens (tertiary/aromatic N) is 1. The maximum Gasteiger partial charge on any atom is 0.237 e. The molecule has 1 fully saturated rings. The lowest BCUT2D eigenvalue weighted by atomic mass is 10.1. The minimum atomic E-state index is -0.405. The van der Waals surface area contributed by atoms with Crippen LogP contribution in [0.3, 0.4) is 0 Å². The first-order valence-corrected chi connectivity index (χ1v) is 7.29. The van der Waals surface area contributed by atoms with Crippen LogP contribution in [0.15, 0.2) is 22.7 Å². The maximum atomic E-state index is 11.6. The number of hydrogen-bond acceptors (Lipinski definition) is 4. The number of morpholine rings is 1. The van der Waals surface area contributed by atoms with E-state index in [0.29, 0.717) is 19.7 Å². The third-order valence-corrected chi connectivity index (χ3v) is 4.00. The number of benzene rings is 1. The Labute approximate surface area is 127 Å². The second-order valence-electron chi connectivity index (χ2n) is 4.85. The van der Waals surface area contributed by atoms with E-state index in [0.717, 1.165) is 15.8 Å². The predicted octanol–water partition coefficient (Wildman–Crippen LogP) is 1.53. The number of ether oxygens (including phenoxy) is 2. The van der Waals surface area contributed by atoms with Crippen LogP contribution in [0.4, 0.5) is 0 Å². The van der Waals surface area contributed by atoms with Crippen molar-refractivity contribution in [2.45, 2.75) is 25.6 Å². The van der Waals surface area contributed by atoms with E-state index in [1.807, 2.05) is 30.0 Å². The van der Waals surface area contributed by atoms with Gasteiger partial charge in [-0.25, -0.2) is 0 Å². The molecule has 0 unspecified atom stereocenters. The monoisotopic (exact) mass is 342 g/mol. The highest BCUT2D eigenvalue weighted by Gasteiger charge is 2.34. The molecule has 20 heavy (non-hydrogen) atoms. The lowest BCUT2D eigenvalue weighted by Crippen LogP contribution is -2.56. The van der Waals surface area contributed by atoms with Gasteiger partial charge in [-0.3, -0.25) is 9.69 Å². The molecular weight excluding hydrogens is 324 g/mol. The first-order chi connectivity index (χ1) is 9.52. The molecule has 1 aliphatic rings. The summed E-state index contributed by atoms with van der Waals surface area (Å²) < 4.78 is 11.9. The van der Waals surface area contributed by atoms with Gasteiger partial charge >= 0.3 is 0 Å². The molecule has 2 atom stereocenters. The van der Waals surface area contributed by atoms with E-state index in [1.54, 1.807) is 7.11 Å². The van der Waals surface area contributed by atoms with Crippen molar-refractivity contribution in [2.75, 3.05) is 20.3 Å². The summed E-state index contributed by atoms with van der Waals surface area (Å²) in [6.45, 7) is 3.76. The highest BCUT2D eigenvalue weighted by molar-refractivity contribution is 9.10. The molecule has 1 aromatic rings. The average molecular weight is 343 g/mol. The Morgan fingerprint density at radius 3 is 3.00 bits per heavy atom. The van der Waals surface area contributed by atoms with Gasteiger partial charge < -0.3 is 15.2 Å². The fraction of sp³-hybridized carbons (Fsp3) is 0.500. The molecule has 0 spiro atoms. The second-order valence-corrected chi connectivity index (χ2v) is 5.77. The highest BCUT2D eigenvalue weighted by Crippen LogP contribution is 2.26. The van der Waals surface area contributed by atoms with Gasteiger partial charge in [0.25, 0.3) is 0 Å². The van der Waals surface area contributed by atoms with Crippen molar-refractivity contribution in [3.8, 4) is 5.75 Å². The summed E-state index contributed by atoms with van der Waals surface area (Å²) in [5.41, 5.74) is 6.52. The first kappa shape index (κ1) is 15.3. The van der Waals surface area contributed by atoms with Crippen LogP contribution < -0.4 is 10.5 Å². The van der Waals surface area contributed by atoms with Crippen LogP contribution in [0.2, 0.25) is 0 Å². The molecule has 2 N–H and O–H groups in total. The molecule has 0 radical (unpaired) electrons. The SMILES string of the molecule is COc1cc(Br)ccc1CN1CCO[C@H](C)[C@H]1C(N)=O. The molecule has 6 heteroatoms. The molecule has 1 amide bonds.